The third-order valence-electron chi connectivity index (χ3n) is 7.87. The van der Waals surface area contributed by atoms with Crippen LogP contribution in [0, 0.1) is 5.92 Å². The number of hydrogen-bond acceptors (Lipinski definition) is 5. The smallest absolute Gasteiger partial charge is 0.343 e. The molecule has 0 spiro atoms. The summed E-state index contributed by atoms with van der Waals surface area (Å²) in [5, 5.41) is 0. The van der Waals surface area contributed by atoms with Gasteiger partial charge in [0.15, 0.2) is 0 Å². The summed E-state index contributed by atoms with van der Waals surface area (Å²) in [5.41, 5.74) is 2.96. The van der Waals surface area contributed by atoms with E-state index in [4.69, 9.17) is 14.2 Å². The molecule has 0 bridgehead atoms. The number of unbranched alkanes of at least 4 members (excludes halogenated alkanes) is 8. The van der Waals surface area contributed by atoms with Gasteiger partial charge in [0.25, 0.3) is 0 Å². The molecule has 0 radical (unpaired) electrons. The molecule has 43 heavy (non-hydrogen) atoms. The lowest BCUT2D eigenvalue weighted by atomic mass is 9.99. The monoisotopic (exact) mass is 586 g/mol. The van der Waals surface area contributed by atoms with Gasteiger partial charge in [-0.05, 0) is 78.4 Å². The summed E-state index contributed by atoms with van der Waals surface area (Å²) in [6.45, 7) is 7.76. The molecule has 0 amide bonds. The van der Waals surface area contributed by atoms with Gasteiger partial charge in [0.05, 0.1) is 24.3 Å². The first-order valence-corrected chi connectivity index (χ1v) is 16.4. The number of esters is 2. The van der Waals surface area contributed by atoms with Crippen molar-refractivity contribution in [3.8, 4) is 22.6 Å². The second-order valence-corrected chi connectivity index (χ2v) is 11.4. The summed E-state index contributed by atoms with van der Waals surface area (Å²) in [6, 6.07) is 21.9. The van der Waals surface area contributed by atoms with Crippen molar-refractivity contribution in [2.45, 2.75) is 97.8 Å². The molecule has 0 saturated heterocycles. The predicted octanol–water partition coefficient (Wildman–Crippen LogP) is 10.5. The zero-order chi connectivity index (χ0) is 30.7. The maximum atomic E-state index is 12.7. The zero-order valence-electron chi connectivity index (χ0n) is 26.4. The van der Waals surface area contributed by atoms with E-state index in [1.165, 1.54) is 57.8 Å². The van der Waals surface area contributed by atoms with E-state index in [1.54, 1.807) is 36.4 Å². The quantitative estimate of drug-likeness (QED) is 0.0749. The molecule has 5 nitrogen and oxygen atoms in total. The summed E-state index contributed by atoms with van der Waals surface area (Å²) in [4.78, 5) is 25.3. The van der Waals surface area contributed by atoms with Crippen molar-refractivity contribution in [2.75, 3.05) is 13.2 Å². The van der Waals surface area contributed by atoms with Gasteiger partial charge in [-0.25, -0.2) is 9.59 Å². The van der Waals surface area contributed by atoms with E-state index in [1.807, 2.05) is 36.4 Å². The highest BCUT2D eigenvalue weighted by molar-refractivity contribution is 5.92. The Kier molecular flexibility index (Phi) is 15.4. The van der Waals surface area contributed by atoms with E-state index < -0.39 is 5.97 Å². The lowest BCUT2D eigenvalue weighted by Crippen LogP contribution is -2.14. The highest BCUT2D eigenvalue weighted by Crippen LogP contribution is 2.24. The van der Waals surface area contributed by atoms with E-state index in [0.29, 0.717) is 29.4 Å². The van der Waals surface area contributed by atoms with Crippen LogP contribution in [0.25, 0.3) is 11.1 Å². The first kappa shape index (κ1) is 33.9. The predicted molar refractivity (Wildman–Crippen MR) is 175 cm³/mol. The van der Waals surface area contributed by atoms with Gasteiger partial charge >= 0.3 is 11.9 Å². The average molecular weight is 587 g/mol. The molecular weight excluding hydrogens is 536 g/mol. The molecule has 0 heterocycles. The van der Waals surface area contributed by atoms with Crippen LogP contribution in [0.4, 0.5) is 0 Å². The van der Waals surface area contributed by atoms with Gasteiger partial charge in [0, 0.05) is 0 Å². The lowest BCUT2D eigenvalue weighted by molar-refractivity contribution is 0.0427. The Balaban J connectivity index is 1.43. The highest BCUT2D eigenvalue weighted by atomic mass is 16.5. The van der Waals surface area contributed by atoms with Crippen LogP contribution in [-0.2, 0) is 4.74 Å². The van der Waals surface area contributed by atoms with Crippen LogP contribution >= 0.6 is 0 Å². The highest BCUT2D eigenvalue weighted by Gasteiger charge is 2.14. The Morgan fingerprint density at radius 2 is 1.09 bits per heavy atom. The van der Waals surface area contributed by atoms with Gasteiger partial charge in [-0.15, -0.1) is 0 Å². The molecule has 5 heteroatoms. The van der Waals surface area contributed by atoms with Crippen LogP contribution in [0.15, 0.2) is 72.8 Å². The molecular formula is C38H50O5. The summed E-state index contributed by atoms with van der Waals surface area (Å²) in [7, 11) is 0. The largest absolute Gasteiger partial charge is 0.494 e. The van der Waals surface area contributed by atoms with Crippen LogP contribution in [-0.4, -0.2) is 25.2 Å². The zero-order valence-corrected chi connectivity index (χ0v) is 26.4. The molecule has 1 atom stereocenters. The molecule has 0 aliphatic rings. The first-order chi connectivity index (χ1) is 21.0. The van der Waals surface area contributed by atoms with E-state index in [2.05, 4.69) is 20.8 Å². The molecule has 0 aliphatic heterocycles. The van der Waals surface area contributed by atoms with Crippen molar-refractivity contribution in [2.24, 2.45) is 5.92 Å². The Hall–Kier alpha value is -3.60. The number of benzene rings is 3. The maximum Gasteiger partial charge on any atom is 0.343 e. The van der Waals surface area contributed by atoms with Crippen molar-refractivity contribution < 1.29 is 23.8 Å². The Morgan fingerprint density at radius 3 is 1.72 bits per heavy atom. The number of ether oxygens (including phenoxy) is 3. The van der Waals surface area contributed by atoms with Crippen molar-refractivity contribution in [3.05, 3.63) is 83.9 Å². The fraction of sp³-hybridized carbons (Fsp3) is 0.474. The van der Waals surface area contributed by atoms with E-state index in [9.17, 15) is 9.59 Å². The van der Waals surface area contributed by atoms with Crippen LogP contribution in [0.1, 0.15) is 119 Å². The third-order valence-corrected chi connectivity index (χ3v) is 7.87. The van der Waals surface area contributed by atoms with E-state index in [0.717, 1.165) is 42.7 Å². The second kappa shape index (κ2) is 19.6. The van der Waals surface area contributed by atoms with Gasteiger partial charge in [-0.3, -0.25) is 0 Å². The first-order valence-electron chi connectivity index (χ1n) is 16.4. The van der Waals surface area contributed by atoms with Gasteiger partial charge in [0.2, 0.25) is 0 Å². The molecule has 0 saturated carbocycles. The van der Waals surface area contributed by atoms with Crippen molar-refractivity contribution >= 4 is 11.9 Å². The standard InChI is InChI=1S/C38H50O5/c1-4-7-9-11-12-14-28-41-35-24-20-32(21-25-35)31-16-18-34(19-17-31)38(40)43-36-26-22-33(23-27-36)37(39)42-29-30(6-3)15-13-10-8-5-2/h16-27,30H,4-15,28-29H2,1-3H3/t30-/m0/s1. The molecule has 0 N–H and O–H groups in total. The Morgan fingerprint density at radius 1 is 0.581 bits per heavy atom. The summed E-state index contributed by atoms with van der Waals surface area (Å²) in [5.74, 6) is 0.844. The number of carbonyl (C=O) groups excluding carboxylic acids is 2. The van der Waals surface area contributed by atoms with Gasteiger partial charge < -0.3 is 14.2 Å². The normalized spacial score (nSPS) is 11.6. The van der Waals surface area contributed by atoms with Crippen LogP contribution in [0.5, 0.6) is 11.5 Å². The fourth-order valence-electron chi connectivity index (χ4n) is 4.98. The van der Waals surface area contributed by atoms with Crippen LogP contribution in [0.3, 0.4) is 0 Å². The molecule has 232 valence electrons. The summed E-state index contributed by atoms with van der Waals surface area (Å²) < 4.78 is 17.0. The fourth-order valence-corrected chi connectivity index (χ4v) is 4.98. The van der Waals surface area contributed by atoms with Gasteiger partial charge in [-0.2, -0.15) is 0 Å². The topological polar surface area (TPSA) is 61.8 Å². The van der Waals surface area contributed by atoms with Crippen LogP contribution in [0.2, 0.25) is 0 Å². The molecule has 3 aromatic carbocycles. The summed E-state index contributed by atoms with van der Waals surface area (Å²) >= 11 is 0. The Bertz CT molecular complexity index is 1200. The van der Waals surface area contributed by atoms with Crippen molar-refractivity contribution in [3.63, 3.8) is 0 Å². The molecule has 0 aliphatic carbocycles. The van der Waals surface area contributed by atoms with E-state index in [-0.39, 0.29) is 5.97 Å². The lowest BCUT2D eigenvalue weighted by Gasteiger charge is -2.15. The molecule has 0 aromatic heterocycles. The van der Waals surface area contributed by atoms with Crippen LogP contribution < -0.4 is 9.47 Å². The van der Waals surface area contributed by atoms with Crippen molar-refractivity contribution in [1.82, 2.24) is 0 Å². The van der Waals surface area contributed by atoms with E-state index >= 15 is 0 Å². The minimum absolute atomic E-state index is 0.349. The number of rotatable bonds is 20. The summed E-state index contributed by atoms with van der Waals surface area (Å²) in [6.07, 6.45) is 14.4. The molecule has 0 fully saturated rings. The minimum atomic E-state index is -0.450. The number of hydrogen-bond donors (Lipinski definition) is 0. The maximum absolute atomic E-state index is 12.7. The second-order valence-electron chi connectivity index (χ2n) is 11.4. The minimum Gasteiger partial charge on any atom is -0.494 e. The molecule has 3 aromatic rings. The van der Waals surface area contributed by atoms with Gasteiger partial charge in [-0.1, -0.05) is 109 Å². The number of carbonyl (C=O) groups is 2. The molecule has 0 unspecified atom stereocenters. The SMILES string of the molecule is CCCCCCCCOc1ccc(-c2ccc(C(=O)Oc3ccc(C(=O)OC[C@@H](CC)CCCCCC)cc3)cc2)cc1. The molecule has 3 rings (SSSR count). The van der Waals surface area contributed by atoms with Gasteiger partial charge in [0.1, 0.15) is 11.5 Å². The average Bonchev–Trinajstić information content (AvgIpc) is 3.04. The third kappa shape index (κ3) is 12.3. The Labute approximate surface area is 259 Å². The van der Waals surface area contributed by atoms with Crippen molar-refractivity contribution in [1.29, 1.82) is 0 Å².